The van der Waals surface area contributed by atoms with Crippen LogP contribution in [0.4, 0.5) is 10.5 Å². The summed E-state index contributed by atoms with van der Waals surface area (Å²) in [4.78, 5) is 19.0. The average Bonchev–Trinajstić information content (AvgIpc) is 3.07. The number of halogens is 1. The Morgan fingerprint density at radius 3 is 2.77 bits per heavy atom. The van der Waals surface area contributed by atoms with Crippen molar-refractivity contribution in [1.82, 2.24) is 9.88 Å². The second-order valence-corrected chi connectivity index (χ2v) is 7.51. The number of carbonyl (C=O) groups excluding carboxylic acids is 1. The fourth-order valence-electron chi connectivity index (χ4n) is 2.54. The topological polar surface area (TPSA) is 54.5 Å². The van der Waals surface area contributed by atoms with Gasteiger partial charge in [0.05, 0.1) is 29.1 Å². The summed E-state index contributed by atoms with van der Waals surface area (Å²) in [5.41, 5.74) is 2.40. The summed E-state index contributed by atoms with van der Waals surface area (Å²) < 4.78 is 6.43. The first-order valence-electron chi connectivity index (χ1n) is 8.14. The number of aromatic nitrogens is 1. The van der Waals surface area contributed by atoms with E-state index in [1.165, 1.54) is 0 Å². The van der Waals surface area contributed by atoms with Crippen LogP contribution < -0.4 is 10.1 Å². The number of urea groups is 1. The zero-order valence-electron chi connectivity index (χ0n) is 15.0. The number of anilines is 1. The van der Waals surface area contributed by atoms with Crippen LogP contribution in [0.5, 0.6) is 5.75 Å². The number of aryl methyl sites for hydroxylation is 1. The van der Waals surface area contributed by atoms with Crippen molar-refractivity contribution < 1.29 is 9.53 Å². The summed E-state index contributed by atoms with van der Waals surface area (Å²) >= 11 is 7.72. The molecule has 0 aliphatic carbocycles. The second kappa shape index (κ2) is 7.51. The molecule has 0 radical (unpaired) electrons. The van der Waals surface area contributed by atoms with Gasteiger partial charge in [0.2, 0.25) is 0 Å². The van der Waals surface area contributed by atoms with Gasteiger partial charge >= 0.3 is 6.03 Å². The number of benzene rings is 2. The maximum Gasteiger partial charge on any atom is 0.322 e. The number of methoxy groups -OCH3 is 1. The van der Waals surface area contributed by atoms with E-state index in [4.69, 9.17) is 16.3 Å². The highest BCUT2D eigenvalue weighted by Crippen LogP contribution is 2.32. The third-order valence-corrected chi connectivity index (χ3v) is 5.91. The predicted octanol–water partition coefficient (Wildman–Crippen LogP) is 5.49. The molecule has 1 N–H and O–H groups in total. The standard InChI is InChI=1S/C19H20ClN3O2S/c1-11-9-15(16(25-4)10-13(11)20)22-19(24)23(3)12(2)18-21-14-7-5-6-8-17(14)26-18/h5-10,12H,1-4H3,(H,22,24)/t12-/m1/s1. The number of fused-ring (bicyclic) bond motifs is 1. The van der Waals surface area contributed by atoms with Crippen LogP contribution in [0.3, 0.4) is 0 Å². The van der Waals surface area contributed by atoms with Crippen LogP contribution in [0.1, 0.15) is 23.5 Å². The predicted molar refractivity (Wildman–Crippen MR) is 108 cm³/mol. The Kier molecular flexibility index (Phi) is 5.34. The van der Waals surface area contributed by atoms with Gasteiger partial charge in [-0.05, 0) is 37.6 Å². The number of carbonyl (C=O) groups is 1. The molecule has 1 heterocycles. The van der Waals surface area contributed by atoms with Gasteiger partial charge in [-0.25, -0.2) is 9.78 Å². The first-order chi connectivity index (χ1) is 12.4. The lowest BCUT2D eigenvalue weighted by Crippen LogP contribution is -2.33. The molecule has 2 amide bonds. The quantitative estimate of drug-likeness (QED) is 0.641. The van der Waals surface area contributed by atoms with E-state index in [1.807, 2.05) is 38.1 Å². The zero-order valence-corrected chi connectivity index (χ0v) is 16.6. The van der Waals surface area contributed by atoms with Gasteiger partial charge in [0.1, 0.15) is 10.8 Å². The summed E-state index contributed by atoms with van der Waals surface area (Å²) in [6.07, 6.45) is 0. The molecule has 0 spiro atoms. The molecule has 0 fully saturated rings. The molecular formula is C19H20ClN3O2S. The molecule has 136 valence electrons. The Morgan fingerprint density at radius 1 is 1.35 bits per heavy atom. The largest absolute Gasteiger partial charge is 0.495 e. The van der Waals surface area contributed by atoms with Crippen molar-refractivity contribution in [2.45, 2.75) is 19.9 Å². The maximum atomic E-state index is 12.7. The average molecular weight is 390 g/mol. The van der Waals surface area contributed by atoms with Crippen molar-refractivity contribution in [3.63, 3.8) is 0 Å². The number of nitrogens with one attached hydrogen (secondary N) is 1. The molecule has 0 saturated heterocycles. The molecule has 3 aromatic rings. The first kappa shape index (κ1) is 18.5. The fourth-order valence-corrected chi connectivity index (χ4v) is 3.76. The van der Waals surface area contributed by atoms with Gasteiger partial charge in [0, 0.05) is 18.1 Å². The van der Waals surface area contributed by atoms with Crippen molar-refractivity contribution >= 4 is 44.9 Å². The number of rotatable bonds is 4. The van der Waals surface area contributed by atoms with Crippen molar-refractivity contribution in [1.29, 1.82) is 0 Å². The summed E-state index contributed by atoms with van der Waals surface area (Å²) in [5, 5.41) is 4.38. The first-order valence-corrected chi connectivity index (χ1v) is 9.33. The minimum atomic E-state index is -0.239. The Balaban J connectivity index is 1.80. The molecule has 0 unspecified atom stereocenters. The summed E-state index contributed by atoms with van der Waals surface area (Å²) in [6.45, 7) is 3.84. The lowest BCUT2D eigenvalue weighted by Gasteiger charge is -2.24. The highest BCUT2D eigenvalue weighted by Gasteiger charge is 2.22. The number of hydrogen-bond donors (Lipinski definition) is 1. The third kappa shape index (κ3) is 3.61. The second-order valence-electron chi connectivity index (χ2n) is 6.04. The van der Waals surface area contributed by atoms with Crippen LogP contribution in [-0.2, 0) is 0 Å². The Hall–Kier alpha value is -2.31. The lowest BCUT2D eigenvalue weighted by molar-refractivity contribution is 0.208. The van der Waals surface area contributed by atoms with Gasteiger partial charge in [-0.3, -0.25) is 0 Å². The Bertz CT molecular complexity index is 924. The van der Waals surface area contributed by atoms with Crippen molar-refractivity contribution in [2.75, 3.05) is 19.5 Å². The smallest absolute Gasteiger partial charge is 0.322 e. The molecular weight excluding hydrogens is 370 g/mol. The maximum absolute atomic E-state index is 12.7. The summed E-state index contributed by atoms with van der Waals surface area (Å²) in [7, 11) is 3.30. The number of thiazole rings is 1. The van der Waals surface area contributed by atoms with Gasteiger partial charge in [-0.15, -0.1) is 11.3 Å². The number of nitrogens with zero attached hydrogens (tertiary/aromatic N) is 2. The molecule has 1 atom stereocenters. The third-order valence-electron chi connectivity index (χ3n) is 4.29. The van der Waals surface area contributed by atoms with Gasteiger partial charge < -0.3 is 15.0 Å². The van der Waals surface area contributed by atoms with E-state index in [2.05, 4.69) is 10.3 Å². The molecule has 2 aromatic carbocycles. The van der Waals surface area contributed by atoms with E-state index in [0.717, 1.165) is 20.8 Å². The van der Waals surface area contributed by atoms with E-state index in [0.29, 0.717) is 16.5 Å². The van der Waals surface area contributed by atoms with Crippen LogP contribution in [0.15, 0.2) is 36.4 Å². The molecule has 0 aliphatic rings. The number of hydrogen-bond acceptors (Lipinski definition) is 4. The van der Waals surface area contributed by atoms with Crippen LogP contribution in [0, 0.1) is 6.92 Å². The Labute approximate surface area is 161 Å². The molecule has 0 saturated carbocycles. The fraction of sp³-hybridized carbons (Fsp3) is 0.263. The SMILES string of the molecule is COc1cc(Cl)c(C)cc1NC(=O)N(C)[C@H](C)c1nc2ccccc2s1. The number of para-hydroxylation sites is 1. The van der Waals surface area contributed by atoms with Gasteiger partial charge in [0.25, 0.3) is 0 Å². The van der Waals surface area contributed by atoms with E-state index >= 15 is 0 Å². The zero-order chi connectivity index (χ0) is 18.8. The molecule has 1 aromatic heterocycles. The van der Waals surface area contributed by atoms with Crippen molar-refractivity contribution in [3.05, 3.63) is 52.0 Å². The van der Waals surface area contributed by atoms with Gasteiger partial charge in [-0.2, -0.15) is 0 Å². The van der Waals surface area contributed by atoms with E-state index in [9.17, 15) is 4.79 Å². The van der Waals surface area contributed by atoms with Crippen molar-refractivity contribution in [3.8, 4) is 5.75 Å². The minimum absolute atomic E-state index is 0.160. The molecule has 26 heavy (non-hydrogen) atoms. The summed E-state index contributed by atoms with van der Waals surface area (Å²) in [6, 6.07) is 11.1. The van der Waals surface area contributed by atoms with Crippen LogP contribution >= 0.6 is 22.9 Å². The van der Waals surface area contributed by atoms with Crippen LogP contribution in [0.2, 0.25) is 5.02 Å². The lowest BCUT2D eigenvalue weighted by atomic mass is 10.2. The molecule has 0 aliphatic heterocycles. The molecule has 3 rings (SSSR count). The van der Waals surface area contributed by atoms with Gasteiger partial charge in [0.15, 0.2) is 0 Å². The van der Waals surface area contributed by atoms with Crippen molar-refractivity contribution in [2.24, 2.45) is 0 Å². The highest BCUT2D eigenvalue weighted by molar-refractivity contribution is 7.18. The van der Waals surface area contributed by atoms with E-state index in [-0.39, 0.29) is 12.1 Å². The normalized spacial score (nSPS) is 12.0. The van der Waals surface area contributed by atoms with Gasteiger partial charge in [-0.1, -0.05) is 23.7 Å². The van der Waals surface area contributed by atoms with E-state index < -0.39 is 0 Å². The molecule has 0 bridgehead atoms. The number of amides is 2. The molecule has 5 nitrogen and oxygen atoms in total. The number of ether oxygens (including phenoxy) is 1. The highest BCUT2D eigenvalue weighted by atomic mass is 35.5. The Morgan fingerprint density at radius 2 is 2.08 bits per heavy atom. The summed E-state index contributed by atoms with van der Waals surface area (Å²) in [5.74, 6) is 0.523. The van der Waals surface area contributed by atoms with E-state index in [1.54, 1.807) is 42.5 Å². The van der Waals surface area contributed by atoms with Crippen LogP contribution in [0.25, 0.3) is 10.2 Å². The molecule has 7 heteroatoms. The van der Waals surface area contributed by atoms with Crippen LogP contribution in [-0.4, -0.2) is 30.1 Å². The minimum Gasteiger partial charge on any atom is -0.495 e. The monoisotopic (exact) mass is 389 g/mol.